The second kappa shape index (κ2) is 20.8. The normalized spacial score (nSPS) is 10.3. The third-order valence-electron chi connectivity index (χ3n) is 7.02. The molecule has 2 aliphatic heterocycles. The van der Waals surface area contributed by atoms with Gasteiger partial charge in [0.05, 0.1) is 22.8 Å². The Balaban J connectivity index is 0.000000176. The molecule has 269 valence electrons. The maximum absolute atomic E-state index is 5.34. The zero-order valence-electron chi connectivity index (χ0n) is 28.7. The molecular formula is C44H38CuN8-4. The third kappa shape index (κ3) is 14.2. The second-order valence-corrected chi connectivity index (χ2v) is 11.2. The number of rotatable bonds is 0. The fourth-order valence-electron chi connectivity index (χ4n) is 4.54. The molecule has 0 spiro atoms. The summed E-state index contributed by atoms with van der Waals surface area (Å²) in [5.74, 6) is 0. The van der Waals surface area contributed by atoms with Crippen LogP contribution in [0.15, 0.2) is 146 Å². The van der Waals surface area contributed by atoms with Gasteiger partial charge in [0, 0.05) is 39.1 Å². The summed E-state index contributed by atoms with van der Waals surface area (Å²) in [6.07, 6.45) is 8.05. The van der Waals surface area contributed by atoms with Crippen molar-refractivity contribution in [2.45, 2.75) is 0 Å². The maximum Gasteiger partial charge on any atom is 0.0659 e. The number of nitrogens with two attached hydrogens (primary N) is 4. The van der Waals surface area contributed by atoms with E-state index in [-0.39, 0.29) is 17.1 Å². The predicted molar refractivity (Wildman–Crippen MR) is 218 cm³/mol. The van der Waals surface area contributed by atoms with Crippen molar-refractivity contribution in [1.82, 2.24) is 19.9 Å². The van der Waals surface area contributed by atoms with Gasteiger partial charge >= 0.3 is 0 Å². The van der Waals surface area contributed by atoms with Gasteiger partial charge in [-0.1, -0.05) is 22.7 Å². The van der Waals surface area contributed by atoms with E-state index in [1.54, 1.807) is 97.1 Å². The number of aromatic nitrogens is 4. The van der Waals surface area contributed by atoms with Gasteiger partial charge in [-0.2, -0.15) is 72.8 Å². The third-order valence-corrected chi connectivity index (χ3v) is 7.02. The molecule has 0 atom stereocenters. The molecule has 0 amide bonds. The predicted octanol–water partition coefficient (Wildman–Crippen LogP) is 8.93. The van der Waals surface area contributed by atoms with Crippen LogP contribution in [-0.4, -0.2) is 19.9 Å². The number of nitrogen functional groups attached to an aromatic ring is 4. The smallest absolute Gasteiger partial charge is 0.0659 e. The van der Waals surface area contributed by atoms with Gasteiger partial charge in [-0.25, -0.2) is 9.97 Å². The van der Waals surface area contributed by atoms with Gasteiger partial charge in [0.1, 0.15) is 0 Å². The Morgan fingerprint density at radius 1 is 0.340 bits per heavy atom. The molecular weight excluding hydrogens is 704 g/mol. The molecule has 3 aromatic heterocycles. The minimum atomic E-state index is 0. The molecule has 1 radical (unpaired) electrons. The Hall–Kier alpha value is -6.80. The van der Waals surface area contributed by atoms with Gasteiger partial charge in [0.15, 0.2) is 0 Å². The van der Waals surface area contributed by atoms with E-state index < -0.39 is 0 Å². The summed E-state index contributed by atoms with van der Waals surface area (Å²) in [5.41, 5.74) is 32.4. The fraction of sp³-hybridized carbons (Fsp3) is 0. The first kappa shape index (κ1) is 39.0. The fourth-order valence-corrected chi connectivity index (χ4v) is 4.54. The van der Waals surface area contributed by atoms with Crippen LogP contribution < -0.4 is 22.9 Å². The van der Waals surface area contributed by atoms with Crippen molar-refractivity contribution in [3.05, 3.63) is 193 Å². The van der Waals surface area contributed by atoms with Gasteiger partial charge in [0.25, 0.3) is 0 Å². The van der Waals surface area contributed by atoms with E-state index in [9.17, 15) is 0 Å². The number of benzene rings is 4. The minimum absolute atomic E-state index is 0. The molecule has 10 N–H and O–H groups in total. The van der Waals surface area contributed by atoms with Crippen LogP contribution in [0, 0.1) is 24.3 Å². The van der Waals surface area contributed by atoms with Crippen molar-refractivity contribution < 1.29 is 17.1 Å². The van der Waals surface area contributed by atoms with Crippen LogP contribution in [0.5, 0.6) is 0 Å². The van der Waals surface area contributed by atoms with Crippen molar-refractivity contribution in [2.75, 3.05) is 22.9 Å². The van der Waals surface area contributed by atoms with Crippen molar-refractivity contribution in [3.8, 4) is 0 Å². The largest absolute Gasteiger partial charge is 0.419 e. The number of fused-ring (bicyclic) bond motifs is 8. The van der Waals surface area contributed by atoms with Gasteiger partial charge in [-0.3, -0.25) is 0 Å². The first-order valence-corrected chi connectivity index (χ1v) is 16.3. The molecule has 0 aliphatic carbocycles. The number of H-pyrrole nitrogens is 2. The van der Waals surface area contributed by atoms with Gasteiger partial charge in [-0.05, 0) is 72.8 Å². The van der Waals surface area contributed by atoms with Crippen LogP contribution >= 0.6 is 0 Å². The number of anilines is 4. The molecule has 8 bridgehead atoms. The molecule has 53 heavy (non-hydrogen) atoms. The summed E-state index contributed by atoms with van der Waals surface area (Å²) in [6.45, 7) is 0. The van der Waals surface area contributed by atoms with Crippen LogP contribution in [0.2, 0.25) is 0 Å². The average molecular weight is 742 g/mol. The van der Waals surface area contributed by atoms with Crippen LogP contribution in [-0.2, 0) is 17.1 Å². The zero-order valence-corrected chi connectivity index (χ0v) is 29.6. The number of nitrogens with one attached hydrogen (secondary N) is 2. The van der Waals surface area contributed by atoms with E-state index >= 15 is 0 Å². The Bertz CT molecular complexity index is 2100. The van der Waals surface area contributed by atoms with Gasteiger partial charge in [0.2, 0.25) is 0 Å². The van der Waals surface area contributed by atoms with Gasteiger partial charge in [-0.15, -0.1) is 48.5 Å². The second-order valence-electron chi connectivity index (χ2n) is 11.2. The molecule has 7 aromatic rings. The van der Waals surface area contributed by atoms with E-state index in [1.807, 2.05) is 42.5 Å². The molecule has 4 aromatic carbocycles. The Labute approximate surface area is 320 Å². The minimum Gasteiger partial charge on any atom is -0.419 e. The van der Waals surface area contributed by atoms with Crippen molar-refractivity contribution in [2.24, 2.45) is 0 Å². The monoisotopic (exact) mass is 741 g/mol. The summed E-state index contributed by atoms with van der Waals surface area (Å²) in [6, 6.07) is 56.6. The van der Waals surface area contributed by atoms with Gasteiger partial charge < -0.3 is 32.9 Å². The van der Waals surface area contributed by atoms with Crippen molar-refractivity contribution in [3.63, 3.8) is 0 Å². The SMILES string of the molecule is C1=Cc2cc3ccc(cc4ccc(cc5nc(cc1n2)C=C5)[nH]4)[nH]3.Nc1cc[c-]cc1.Nc1cc[c-]cc1.Nc1cc[c-]cc1.Nc1cc[c-]cc1.[Cu]. The number of hydrogen-bond donors (Lipinski definition) is 6. The quantitative estimate of drug-likeness (QED) is 0.0517. The first-order chi connectivity index (χ1) is 25.4. The van der Waals surface area contributed by atoms with Crippen LogP contribution in [0.1, 0.15) is 22.8 Å². The zero-order chi connectivity index (χ0) is 36.4. The van der Waals surface area contributed by atoms with E-state index in [0.29, 0.717) is 0 Å². The standard InChI is InChI=1S/C20H14N4.4C6H6N.Cu/c1-2-14-10-16-5-6-18(23-16)12-20-8-7-19(24-20)11-17-4-3-15(22-17)9-13(1)21-14;4*7-6-4-2-1-3-5-6;/h1-12,21-22H;4*2-5H,7H2;/q;4*-1;. The Kier molecular flexibility index (Phi) is 15.3. The van der Waals surface area contributed by atoms with E-state index in [2.05, 4.69) is 74.5 Å². The number of hydrogen-bond acceptors (Lipinski definition) is 6. The first-order valence-electron chi connectivity index (χ1n) is 16.3. The summed E-state index contributed by atoms with van der Waals surface area (Å²) in [5, 5.41) is 0. The number of aromatic amines is 2. The topological polar surface area (TPSA) is 161 Å². The molecule has 0 saturated carbocycles. The van der Waals surface area contributed by atoms with E-state index in [0.717, 1.165) is 67.6 Å². The summed E-state index contributed by atoms with van der Waals surface area (Å²) in [7, 11) is 0. The van der Waals surface area contributed by atoms with Crippen LogP contribution in [0.4, 0.5) is 22.7 Å². The molecule has 0 fully saturated rings. The van der Waals surface area contributed by atoms with Crippen molar-refractivity contribution >= 4 is 69.1 Å². The average Bonchev–Trinajstić information content (AvgIpc) is 3.98. The summed E-state index contributed by atoms with van der Waals surface area (Å²) in [4.78, 5) is 16.0. The van der Waals surface area contributed by atoms with E-state index in [4.69, 9.17) is 22.9 Å². The molecule has 0 unspecified atom stereocenters. The summed E-state index contributed by atoms with van der Waals surface area (Å²) >= 11 is 0. The van der Waals surface area contributed by atoms with E-state index in [1.165, 1.54) is 0 Å². The Morgan fingerprint density at radius 3 is 0.830 bits per heavy atom. The maximum atomic E-state index is 5.34. The summed E-state index contributed by atoms with van der Waals surface area (Å²) < 4.78 is 0. The molecule has 8 nitrogen and oxygen atoms in total. The van der Waals surface area contributed by atoms with Crippen molar-refractivity contribution in [1.29, 1.82) is 0 Å². The molecule has 2 aliphatic rings. The molecule has 5 heterocycles. The Morgan fingerprint density at radius 2 is 0.585 bits per heavy atom. The molecule has 9 heteroatoms. The molecule has 9 rings (SSSR count). The van der Waals surface area contributed by atoms with Crippen LogP contribution in [0.3, 0.4) is 0 Å². The number of nitrogens with zero attached hydrogens (tertiary/aromatic N) is 2. The molecule has 0 saturated heterocycles. The van der Waals surface area contributed by atoms with Crippen LogP contribution in [0.25, 0.3) is 46.4 Å².